The van der Waals surface area contributed by atoms with Gasteiger partial charge >= 0.3 is 0 Å². The van der Waals surface area contributed by atoms with Gasteiger partial charge in [-0.25, -0.2) is 0 Å². The van der Waals surface area contributed by atoms with Crippen molar-refractivity contribution in [1.82, 2.24) is 5.32 Å². The summed E-state index contributed by atoms with van der Waals surface area (Å²) in [5, 5.41) is 5.42. The lowest BCUT2D eigenvalue weighted by atomic mass is 9.43. The van der Waals surface area contributed by atoms with Crippen molar-refractivity contribution in [3.63, 3.8) is 0 Å². The summed E-state index contributed by atoms with van der Waals surface area (Å²) in [6, 6.07) is 5.84. The summed E-state index contributed by atoms with van der Waals surface area (Å²) >= 11 is 12.4. The molecule has 1 aromatic carbocycles. The maximum atomic E-state index is 6.35. The van der Waals surface area contributed by atoms with Gasteiger partial charge in [-0.05, 0) is 73.0 Å². The lowest BCUT2D eigenvalue weighted by Gasteiger charge is -2.65. The molecule has 2 unspecified atom stereocenters. The third-order valence-corrected chi connectivity index (χ3v) is 6.88. The Hall–Kier alpha value is -0.240. The van der Waals surface area contributed by atoms with E-state index in [1.54, 1.807) is 0 Å². The summed E-state index contributed by atoms with van der Waals surface area (Å²) in [4.78, 5) is 0. The van der Waals surface area contributed by atoms with Crippen molar-refractivity contribution in [2.24, 2.45) is 16.7 Å². The highest BCUT2D eigenvalue weighted by Gasteiger charge is 2.59. The van der Waals surface area contributed by atoms with E-state index < -0.39 is 0 Å². The quantitative estimate of drug-likeness (QED) is 0.731. The largest absolute Gasteiger partial charge is 0.307 e. The molecule has 120 valence electrons. The summed E-state index contributed by atoms with van der Waals surface area (Å²) in [5.74, 6) is 0.916. The van der Waals surface area contributed by atoms with Gasteiger partial charge in [0.1, 0.15) is 0 Å². The molecule has 1 aromatic rings. The van der Waals surface area contributed by atoms with Gasteiger partial charge in [0, 0.05) is 22.1 Å². The number of hydrogen-bond donors (Lipinski definition) is 1. The van der Waals surface area contributed by atoms with Gasteiger partial charge in [0.2, 0.25) is 0 Å². The molecule has 0 amide bonds. The number of nitrogens with one attached hydrogen (secondary N) is 1. The molecule has 0 aliphatic heterocycles. The normalized spacial score (nSPS) is 42.8. The third-order valence-electron chi connectivity index (χ3n) is 6.30. The molecule has 2 atom stereocenters. The molecule has 0 saturated heterocycles. The van der Waals surface area contributed by atoms with Gasteiger partial charge in [0.15, 0.2) is 0 Å². The minimum atomic E-state index is 0.325. The van der Waals surface area contributed by atoms with Crippen LogP contribution in [0.15, 0.2) is 18.2 Å². The highest BCUT2D eigenvalue weighted by Crippen LogP contribution is 2.66. The van der Waals surface area contributed by atoms with Crippen LogP contribution >= 0.6 is 23.2 Å². The Morgan fingerprint density at radius 1 is 1.05 bits per heavy atom. The average Bonchev–Trinajstić information content (AvgIpc) is 2.33. The zero-order chi connectivity index (χ0) is 15.6. The maximum absolute atomic E-state index is 6.35. The summed E-state index contributed by atoms with van der Waals surface area (Å²) in [6.07, 6.45) is 8.31. The molecule has 22 heavy (non-hydrogen) atoms. The molecule has 0 aromatic heterocycles. The first-order valence-corrected chi connectivity index (χ1v) is 9.24. The molecule has 4 aliphatic rings. The van der Waals surface area contributed by atoms with Crippen LogP contribution in [0.2, 0.25) is 10.0 Å². The number of rotatable bonds is 3. The van der Waals surface area contributed by atoms with E-state index in [1.165, 1.54) is 38.5 Å². The van der Waals surface area contributed by atoms with Gasteiger partial charge in [-0.1, -0.05) is 43.1 Å². The first-order chi connectivity index (χ1) is 10.3. The summed E-state index contributed by atoms with van der Waals surface area (Å²) in [5.41, 5.74) is 2.58. The highest BCUT2D eigenvalue weighted by molar-refractivity contribution is 6.35. The number of halogens is 2. The molecule has 1 nitrogen and oxygen atoms in total. The van der Waals surface area contributed by atoms with Crippen LogP contribution in [-0.4, -0.2) is 5.54 Å². The van der Waals surface area contributed by atoms with Crippen molar-refractivity contribution in [2.45, 2.75) is 64.5 Å². The molecule has 5 rings (SSSR count). The summed E-state index contributed by atoms with van der Waals surface area (Å²) < 4.78 is 0. The fourth-order valence-corrected chi connectivity index (χ4v) is 7.07. The predicted octanol–water partition coefficient (Wildman–Crippen LogP) is 5.83. The number of hydrogen-bond acceptors (Lipinski definition) is 1. The van der Waals surface area contributed by atoms with E-state index in [-0.39, 0.29) is 0 Å². The third kappa shape index (κ3) is 2.60. The monoisotopic (exact) mass is 337 g/mol. The molecule has 0 heterocycles. The van der Waals surface area contributed by atoms with E-state index in [2.05, 4.69) is 25.2 Å². The Kier molecular flexibility index (Phi) is 3.39. The first-order valence-electron chi connectivity index (χ1n) is 8.48. The second-order valence-electron chi connectivity index (χ2n) is 9.00. The van der Waals surface area contributed by atoms with Gasteiger partial charge in [0.25, 0.3) is 0 Å². The second-order valence-corrected chi connectivity index (χ2v) is 9.84. The molecule has 1 N–H and O–H groups in total. The topological polar surface area (TPSA) is 12.0 Å². The van der Waals surface area contributed by atoms with Crippen molar-refractivity contribution in [3.05, 3.63) is 33.8 Å². The number of benzene rings is 1. The average molecular weight is 338 g/mol. The molecule has 3 heteroatoms. The SMILES string of the molecule is CC12CC3CC(C)(C1)CC(NCc1ccc(Cl)cc1Cl)(C3)C2. The van der Waals surface area contributed by atoms with Crippen LogP contribution in [0.3, 0.4) is 0 Å². The highest BCUT2D eigenvalue weighted by atomic mass is 35.5. The minimum Gasteiger partial charge on any atom is -0.307 e. The maximum Gasteiger partial charge on any atom is 0.0465 e. The van der Waals surface area contributed by atoms with Gasteiger partial charge < -0.3 is 5.32 Å². The Morgan fingerprint density at radius 3 is 2.32 bits per heavy atom. The Labute approximate surface area is 143 Å². The van der Waals surface area contributed by atoms with E-state index >= 15 is 0 Å². The van der Waals surface area contributed by atoms with E-state index in [9.17, 15) is 0 Å². The Morgan fingerprint density at radius 2 is 1.73 bits per heavy atom. The van der Waals surface area contributed by atoms with Crippen LogP contribution in [0, 0.1) is 16.7 Å². The second kappa shape index (κ2) is 4.88. The molecule has 4 fully saturated rings. The fraction of sp³-hybridized carbons (Fsp3) is 0.684. The van der Waals surface area contributed by atoms with Crippen molar-refractivity contribution in [1.29, 1.82) is 0 Å². The van der Waals surface area contributed by atoms with Crippen LogP contribution in [0.4, 0.5) is 0 Å². The standard InChI is InChI=1S/C19H25Cl2N/c1-17-6-13-7-18(2,10-17)12-19(8-13,11-17)22-9-14-3-4-15(20)5-16(14)21/h3-5,13,22H,6-12H2,1-2H3. The zero-order valence-electron chi connectivity index (χ0n) is 13.5. The molecule has 4 aliphatic carbocycles. The molecular weight excluding hydrogens is 313 g/mol. The van der Waals surface area contributed by atoms with Crippen LogP contribution in [-0.2, 0) is 6.54 Å². The van der Waals surface area contributed by atoms with Crippen LogP contribution in [0.25, 0.3) is 0 Å². The molecule has 0 radical (unpaired) electrons. The predicted molar refractivity (Wildman–Crippen MR) is 93.4 cm³/mol. The van der Waals surface area contributed by atoms with E-state index in [1.807, 2.05) is 12.1 Å². The van der Waals surface area contributed by atoms with Crippen molar-refractivity contribution < 1.29 is 0 Å². The van der Waals surface area contributed by atoms with Gasteiger partial charge in [-0.3, -0.25) is 0 Å². The van der Waals surface area contributed by atoms with Crippen LogP contribution in [0.1, 0.15) is 57.9 Å². The molecule has 0 spiro atoms. The zero-order valence-corrected chi connectivity index (χ0v) is 15.0. The van der Waals surface area contributed by atoms with Crippen molar-refractivity contribution in [2.75, 3.05) is 0 Å². The molecule has 4 bridgehead atoms. The van der Waals surface area contributed by atoms with E-state index in [4.69, 9.17) is 23.2 Å². The summed E-state index contributed by atoms with van der Waals surface area (Å²) in [7, 11) is 0. The van der Waals surface area contributed by atoms with Crippen molar-refractivity contribution in [3.8, 4) is 0 Å². The lowest BCUT2D eigenvalue weighted by molar-refractivity contribution is -0.118. The van der Waals surface area contributed by atoms with Gasteiger partial charge in [0.05, 0.1) is 0 Å². The van der Waals surface area contributed by atoms with Gasteiger partial charge in [-0.2, -0.15) is 0 Å². The first kappa shape index (κ1) is 15.3. The summed E-state index contributed by atoms with van der Waals surface area (Å²) in [6.45, 7) is 5.89. The van der Waals surface area contributed by atoms with E-state index in [0.717, 1.165) is 23.0 Å². The smallest absolute Gasteiger partial charge is 0.0465 e. The fourth-order valence-electron chi connectivity index (χ4n) is 6.59. The van der Waals surface area contributed by atoms with E-state index in [0.29, 0.717) is 21.4 Å². The van der Waals surface area contributed by atoms with Crippen LogP contribution in [0.5, 0.6) is 0 Å². The van der Waals surface area contributed by atoms with Crippen molar-refractivity contribution >= 4 is 23.2 Å². The Balaban J connectivity index is 1.55. The van der Waals surface area contributed by atoms with Gasteiger partial charge in [-0.15, -0.1) is 0 Å². The molecule has 4 saturated carbocycles. The Bertz CT molecular complexity index is 593. The lowest BCUT2D eigenvalue weighted by Crippen LogP contribution is -2.63. The van der Waals surface area contributed by atoms with Crippen LogP contribution < -0.4 is 5.32 Å². The molecular formula is C19H25Cl2N. The minimum absolute atomic E-state index is 0.325.